The van der Waals surface area contributed by atoms with E-state index in [0.29, 0.717) is 12.2 Å². The van der Waals surface area contributed by atoms with E-state index in [1.165, 1.54) is 0 Å². The van der Waals surface area contributed by atoms with Gasteiger partial charge in [0, 0.05) is 6.42 Å². The summed E-state index contributed by atoms with van der Waals surface area (Å²) in [4.78, 5) is 25.3. The summed E-state index contributed by atoms with van der Waals surface area (Å²) in [5, 5.41) is 0. The minimum atomic E-state index is -0.875. The first-order chi connectivity index (χ1) is 17.1. The highest BCUT2D eigenvalue weighted by Crippen LogP contribution is 2.24. The first kappa shape index (κ1) is 23.8. The van der Waals surface area contributed by atoms with Crippen LogP contribution in [0.4, 0.5) is 0 Å². The van der Waals surface area contributed by atoms with Gasteiger partial charge < -0.3 is 14.2 Å². The Labute approximate surface area is 204 Å². The monoisotopic (exact) mass is 466 g/mol. The molecule has 0 heterocycles. The number of benzene rings is 4. The van der Waals surface area contributed by atoms with Crippen molar-refractivity contribution in [2.24, 2.45) is 0 Å². The van der Waals surface area contributed by atoms with Crippen LogP contribution in [0.3, 0.4) is 0 Å². The zero-order chi connectivity index (χ0) is 24.5. The first-order valence-electron chi connectivity index (χ1n) is 11.4. The largest absolute Gasteiger partial charge is 0.479 e. The van der Waals surface area contributed by atoms with Crippen molar-refractivity contribution >= 4 is 11.9 Å². The third kappa shape index (κ3) is 6.58. The Bertz CT molecular complexity index is 1250. The molecule has 1 atom stereocenters. The minimum absolute atomic E-state index is 0.136. The Balaban J connectivity index is 1.34. The summed E-state index contributed by atoms with van der Waals surface area (Å²) in [5.74, 6) is -0.476. The molecule has 0 bridgehead atoms. The minimum Gasteiger partial charge on any atom is -0.479 e. The standard InChI is InChI=1S/C30H26O5/c1-22(34-26-18-16-25(17-19-26)24-12-6-3-7-13-24)29(31)35-28-15-9-8-14-27(28)30(32)33-21-20-23-10-4-2-5-11-23/h2-19,22H,20-21H2,1H3. The molecule has 0 aromatic heterocycles. The van der Waals surface area contributed by atoms with Crippen molar-refractivity contribution < 1.29 is 23.8 Å². The zero-order valence-electron chi connectivity index (χ0n) is 19.4. The van der Waals surface area contributed by atoms with Gasteiger partial charge in [0.15, 0.2) is 6.10 Å². The Morgan fingerprint density at radius 2 is 1.31 bits per heavy atom. The molecule has 0 fully saturated rings. The molecule has 0 aliphatic carbocycles. The number of hydrogen-bond donors (Lipinski definition) is 0. The molecule has 0 amide bonds. The zero-order valence-corrected chi connectivity index (χ0v) is 19.4. The number of para-hydroxylation sites is 1. The van der Waals surface area contributed by atoms with Gasteiger partial charge in [-0.05, 0) is 47.9 Å². The quantitative estimate of drug-likeness (QED) is 0.219. The number of esters is 2. The van der Waals surface area contributed by atoms with Crippen LogP contribution in [0.15, 0.2) is 109 Å². The Hall–Kier alpha value is -4.38. The molecule has 0 aliphatic rings. The lowest BCUT2D eigenvalue weighted by Crippen LogP contribution is -2.29. The van der Waals surface area contributed by atoms with Crippen LogP contribution >= 0.6 is 0 Å². The third-order valence-corrected chi connectivity index (χ3v) is 5.39. The topological polar surface area (TPSA) is 61.8 Å². The van der Waals surface area contributed by atoms with Crippen LogP contribution in [0.2, 0.25) is 0 Å². The van der Waals surface area contributed by atoms with E-state index < -0.39 is 18.0 Å². The summed E-state index contributed by atoms with van der Waals surface area (Å²) in [6.07, 6.45) is -0.276. The highest BCUT2D eigenvalue weighted by atomic mass is 16.6. The van der Waals surface area contributed by atoms with Crippen LogP contribution in [-0.4, -0.2) is 24.6 Å². The highest BCUT2D eigenvalue weighted by Gasteiger charge is 2.21. The highest BCUT2D eigenvalue weighted by molar-refractivity contribution is 5.93. The fraction of sp³-hybridized carbons (Fsp3) is 0.133. The number of hydrogen-bond acceptors (Lipinski definition) is 5. The number of carbonyl (C=O) groups excluding carboxylic acids is 2. The molecular formula is C30H26O5. The lowest BCUT2D eigenvalue weighted by molar-refractivity contribution is -0.141. The Morgan fingerprint density at radius 3 is 2.03 bits per heavy atom. The smallest absolute Gasteiger partial charge is 0.352 e. The molecule has 0 aliphatic heterocycles. The van der Waals surface area contributed by atoms with E-state index in [-0.39, 0.29) is 17.9 Å². The molecule has 4 aromatic carbocycles. The van der Waals surface area contributed by atoms with Crippen molar-refractivity contribution in [1.82, 2.24) is 0 Å². The fourth-order valence-corrected chi connectivity index (χ4v) is 3.51. The molecule has 4 rings (SSSR count). The normalized spacial score (nSPS) is 11.3. The molecule has 0 saturated carbocycles. The van der Waals surface area contributed by atoms with Crippen molar-refractivity contribution in [3.05, 3.63) is 120 Å². The van der Waals surface area contributed by atoms with Crippen LogP contribution < -0.4 is 9.47 Å². The molecule has 0 saturated heterocycles. The van der Waals surface area contributed by atoms with Gasteiger partial charge in [0.1, 0.15) is 17.1 Å². The molecule has 4 aromatic rings. The lowest BCUT2D eigenvalue weighted by atomic mass is 10.1. The van der Waals surface area contributed by atoms with Gasteiger partial charge in [0.25, 0.3) is 0 Å². The molecular weight excluding hydrogens is 440 g/mol. The maximum absolute atomic E-state index is 12.7. The van der Waals surface area contributed by atoms with Crippen molar-refractivity contribution in [2.75, 3.05) is 6.61 Å². The Kier molecular flexibility index (Phi) is 7.92. The van der Waals surface area contributed by atoms with Gasteiger partial charge in [0.05, 0.1) is 6.61 Å². The van der Waals surface area contributed by atoms with E-state index in [1.807, 2.05) is 84.9 Å². The predicted octanol–water partition coefficient (Wildman–Crippen LogP) is 6.13. The van der Waals surface area contributed by atoms with E-state index in [9.17, 15) is 9.59 Å². The first-order valence-corrected chi connectivity index (χ1v) is 11.4. The van der Waals surface area contributed by atoms with Crippen LogP contribution in [0.25, 0.3) is 11.1 Å². The van der Waals surface area contributed by atoms with Gasteiger partial charge in [-0.25, -0.2) is 9.59 Å². The summed E-state index contributed by atoms with van der Waals surface area (Å²) in [6, 6.07) is 33.7. The fourth-order valence-electron chi connectivity index (χ4n) is 3.51. The van der Waals surface area contributed by atoms with Gasteiger partial charge in [-0.2, -0.15) is 0 Å². The van der Waals surface area contributed by atoms with E-state index in [0.717, 1.165) is 16.7 Å². The summed E-state index contributed by atoms with van der Waals surface area (Å²) in [5.41, 5.74) is 3.41. The second kappa shape index (κ2) is 11.7. The van der Waals surface area contributed by atoms with Gasteiger partial charge >= 0.3 is 11.9 Å². The summed E-state index contributed by atoms with van der Waals surface area (Å²) in [7, 11) is 0. The van der Waals surface area contributed by atoms with E-state index in [2.05, 4.69) is 0 Å². The lowest BCUT2D eigenvalue weighted by Gasteiger charge is -2.15. The van der Waals surface area contributed by atoms with Gasteiger partial charge in [-0.1, -0.05) is 84.9 Å². The number of carbonyl (C=O) groups is 2. The molecule has 35 heavy (non-hydrogen) atoms. The van der Waals surface area contributed by atoms with Gasteiger partial charge in [-0.15, -0.1) is 0 Å². The van der Waals surface area contributed by atoms with Crippen molar-refractivity contribution in [1.29, 1.82) is 0 Å². The van der Waals surface area contributed by atoms with Crippen LogP contribution in [0, 0.1) is 0 Å². The molecule has 0 N–H and O–H groups in total. The molecule has 5 heteroatoms. The number of rotatable bonds is 9. The predicted molar refractivity (Wildman–Crippen MR) is 134 cm³/mol. The summed E-state index contributed by atoms with van der Waals surface area (Å²) in [6.45, 7) is 1.83. The second-order valence-corrected chi connectivity index (χ2v) is 7.94. The van der Waals surface area contributed by atoms with Crippen molar-refractivity contribution in [2.45, 2.75) is 19.4 Å². The molecule has 1 unspecified atom stereocenters. The van der Waals surface area contributed by atoms with E-state index in [4.69, 9.17) is 14.2 Å². The summed E-state index contributed by atoms with van der Waals surface area (Å²) >= 11 is 0. The van der Waals surface area contributed by atoms with E-state index >= 15 is 0 Å². The van der Waals surface area contributed by atoms with Gasteiger partial charge in [0.2, 0.25) is 0 Å². The SMILES string of the molecule is CC(Oc1ccc(-c2ccccc2)cc1)C(=O)Oc1ccccc1C(=O)OCCc1ccccc1. The van der Waals surface area contributed by atoms with Crippen molar-refractivity contribution in [3.63, 3.8) is 0 Å². The van der Waals surface area contributed by atoms with Crippen molar-refractivity contribution in [3.8, 4) is 22.6 Å². The molecule has 176 valence electrons. The maximum Gasteiger partial charge on any atom is 0.352 e. The molecule has 0 spiro atoms. The van der Waals surface area contributed by atoms with Crippen LogP contribution in [0.1, 0.15) is 22.8 Å². The third-order valence-electron chi connectivity index (χ3n) is 5.39. The Morgan fingerprint density at radius 1 is 0.714 bits per heavy atom. The van der Waals surface area contributed by atoms with Gasteiger partial charge in [-0.3, -0.25) is 0 Å². The second-order valence-electron chi connectivity index (χ2n) is 7.94. The average molecular weight is 467 g/mol. The van der Waals surface area contributed by atoms with E-state index in [1.54, 1.807) is 31.2 Å². The molecule has 5 nitrogen and oxygen atoms in total. The van der Waals surface area contributed by atoms with Crippen LogP contribution in [-0.2, 0) is 16.0 Å². The maximum atomic E-state index is 12.7. The summed E-state index contributed by atoms with van der Waals surface area (Å²) < 4.78 is 16.7. The van der Waals surface area contributed by atoms with Crippen LogP contribution in [0.5, 0.6) is 11.5 Å². The number of ether oxygens (including phenoxy) is 3. The average Bonchev–Trinajstić information content (AvgIpc) is 2.90. The molecule has 0 radical (unpaired) electrons.